The highest BCUT2D eigenvalue weighted by Crippen LogP contribution is 2.14. The van der Waals surface area contributed by atoms with Crippen LogP contribution in [0.3, 0.4) is 0 Å². The number of anilines is 1. The predicted octanol–water partition coefficient (Wildman–Crippen LogP) is 3.54. The molecule has 1 heterocycles. The van der Waals surface area contributed by atoms with Crippen molar-refractivity contribution < 1.29 is 0 Å². The Morgan fingerprint density at radius 3 is 2.42 bits per heavy atom. The van der Waals surface area contributed by atoms with E-state index in [0.717, 1.165) is 24.0 Å². The topological polar surface area (TPSA) is 52.6 Å². The van der Waals surface area contributed by atoms with Gasteiger partial charge in [0.25, 0.3) is 0 Å². The minimum atomic E-state index is 0. The summed E-state index contributed by atoms with van der Waals surface area (Å²) in [6, 6.07) is 14.7. The Morgan fingerprint density at radius 1 is 1.12 bits per heavy atom. The number of guanidine groups is 1. The number of nitrogens with one attached hydrogen (secondary N) is 2. The second-order valence-electron chi connectivity index (χ2n) is 6.50. The second kappa shape index (κ2) is 11.0. The van der Waals surface area contributed by atoms with Crippen LogP contribution in [0, 0.1) is 6.92 Å². The lowest BCUT2D eigenvalue weighted by atomic mass is 10.0. The molecule has 0 saturated carbocycles. The number of benzene rings is 1. The molecule has 0 aliphatic rings. The largest absolute Gasteiger partial charge is 0.363 e. The molecule has 0 aliphatic carbocycles. The van der Waals surface area contributed by atoms with Gasteiger partial charge in [0.1, 0.15) is 5.82 Å². The molecule has 1 atom stereocenters. The van der Waals surface area contributed by atoms with Gasteiger partial charge < -0.3 is 15.5 Å². The highest BCUT2D eigenvalue weighted by molar-refractivity contribution is 14.0. The van der Waals surface area contributed by atoms with Gasteiger partial charge in [-0.1, -0.05) is 42.8 Å². The summed E-state index contributed by atoms with van der Waals surface area (Å²) in [5.41, 5.74) is 3.60. The van der Waals surface area contributed by atoms with Crippen molar-refractivity contribution >= 4 is 35.8 Å². The molecule has 0 saturated heterocycles. The van der Waals surface area contributed by atoms with E-state index < -0.39 is 0 Å². The van der Waals surface area contributed by atoms with Gasteiger partial charge in [-0.2, -0.15) is 0 Å². The number of nitrogens with zero attached hydrogens (tertiary/aromatic N) is 3. The zero-order chi connectivity index (χ0) is 18.2. The number of hydrogen-bond donors (Lipinski definition) is 2. The third-order valence-corrected chi connectivity index (χ3v) is 4.13. The third kappa shape index (κ3) is 6.82. The van der Waals surface area contributed by atoms with Gasteiger partial charge in [0, 0.05) is 27.7 Å². The first kappa shape index (κ1) is 22.2. The first-order valence-corrected chi connectivity index (χ1v) is 8.64. The Morgan fingerprint density at radius 2 is 1.81 bits per heavy atom. The lowest BCUT2D eigenvalue weighted by molar-refractivity contribution is 0.696. The Labute approximate surface area is 174 Å². The summed E-state index contributed by atoms with van der Waals surface area (Å²) in [6.45, 7) is 5.79. The van der Waals surface area contributed by atoms with E-state index in [0.29, 0.717) is 12.5 Å². The molecule has 2 N–H and O–H groups in total. The summed E-state index contributed by atoms with van der Waals surface area (Å²) in [5, 5.41) is 6.72. The lowest BCUT2D eigenvalue weighted by Gasteiger charge is -2.17. The van der Waals surface area contributed by atoms with E-state index >= 15 is 0 Å². The second-order valence-corrected chi connectivity index (χ2v) is 6.50. The number of aliphatic imine (C=N–C) groups is 1. The maximum atomic E-state index is 4.61. The van der Waals surface area contributed by atoms with E-state index in [-0.39, 0.29) is 24.0 Å². The molecule has 1 aromatic heterocycles. The van der Waals surface area contributed by atoms with Crippen molar-refractivity contribution in [3.63, 3.8) is 0 Å². The van der Waals surface area contributed by atoms with Gasteiger partial charge in [0.15, 0.2) is 5.96 Å². The van der Waals surface area contributed by atoms with Crippen LogP contribution in [0.15, 0.2) is 47.5 Å². The first-order valence-electron chi connectivity index (χ1n) is 8.64. The van der Waals surface area contributed by atoms with Gasteiger partial charge >= 0.3 is 0 Å². The molecule has 1 unspecified atom stereocenters. The van der Waals surface area contributed by atoms with Gasteiger partial charge in [-0.25, -0.2) is 4.98 Å². The molecular formula is C20H30IN5. The van der Waals surface area contributed by atoms with E-state index in [1.54, 1.807) is 7.05 Å². The standard InChI is InChI=1S/C20H29N5.HI/c1-15-9-11-17(12-10-15)16(2)13-22-20(21-3)23-14-18-7-6-8-19(24-18)25(4)5;/h6-12,16H,13-14H2,1-5H3,(H2,21,22,23);1H. The van der Waals surface area contributed by atoms with E-state index in [9.17, 15) is 0 Å². The molecule has 0 radical (unpaired) electrons. The number of pyridine rings is 1. The van der Waals surface area contributed by atoms with Crippen LogP contribution < -0.4 is 15.5 Å². The van der Waals surface area contributed by atoms with Gasteiger partial charge in [-0.3, -0.25) is 4.99 Å². The molecule has 26 heavy (non-hydrogen) atoms. The van der Waals surface area contributed by atoms with Crippen molar-refractivity contribution in [2.24, 2.45) is 4.99 Å². The highest BCUT2D eigenvalue weighted by atomic mass is 127. The quantitative estimate of drug-likeness (QED) is 0.388. The summed E-state index contributed by atoms with van der Waals surface area (Å²) in [5.74, 6) is 2.15. The Bertz CT molecular complexity index is 698. The number of aromatic nitrogens is 1. The van der Waals surface area contributed by atoms with E-state index in [4.69, 9.17) is 0 Å². The molecular weight excluding hydrogens is 437 g/mol. The summed E-state index contributed by atoms with van der Waals surface area (Å²) in [7, 11) is 5.77. The zero-order valence-corrected chi connectivity index (χ0v) is 18.6. The third-order valence-electron chi connectivity index (χ3n) is 4.13. The molecule has 6 heteroatoms. The lowest BCUT2D eigenvalue weighted by Crippen LogP contribution is -2.38. The van der Waals surface area contributed by atoms with Crippen LogP contribution in [0.25, 0.3) is 0 Å². The molecule has 2 rings (SSSR count). The summed E-state index contributed by atoms with van der Waals surface area (Å²) < 4.78 is 0. The SMILES string of the molecule is CN=C(NCc1cccc(N(C)C)n1)NCC(C)c1ccc(C)cc1.I. The molecule has 0 amide bonds. The van der Waals surface area contributed by atoms with Crippen molar-refractivity contribution in [3.05, 3.63) is 59.3 Å². The fraction of sp³-hybridized carbons (Fsp3) is 0.400. The van der Waals surface area contributed by atoms with Gasteiger partial charge in [-0.05, 0) is 30.5 Å². The van der Waals surface area contributed by atoms with Gasteiger partial charge in [0.05, 0.1) is 12.2 Å². The monoisotopic (exact) mass is 467 g/mol. The van der Waals surface area contributed by atoms with Gasteiger partial charge in [0.2, 0.25) is 0 Å². The molecule has 5 nitrogen and oxygen atoms in total. The Balaban J connectivity index is 0.00000338. The van der Waals surface area contributed by atoms with Crippen molar-refractivity contribution in [1.29, 1.82) is 0 Å². The molecule has 142 valence electrons. The van der Waals surface area contributed by atoms with E-state index in [1.165, 1.54) is 11.1 Å². The fourth-order valence-electron chi connectivity index (χ4n) is 2.47. The van der Waals surface area contributed by atoms with Crippen molar-refractivity contribution in [1.82, 2.24) is 15.6 Å². The summed E-state index contributed by atoms with van der Waals surface area (Å²) in [4.78, 5) is 10.9. The minimum Gasteiger partial charge on any atom is -0.363 e. The molecule has 0 bridgehead atoms. The summed E-state index contributed by atoms with van der Waals surface area (Å²) >= 11 is 0. The van der Waals surface area contributed by atoms with Crippen molar-refractivity contribution in [2.45, 2.75) is 26.3 Å². The Hall–Kier alpha value is -1.83. The number of halogens is 1. The Kier molecular flexibility index (Phi) is 9.40. The summed E-state index contributed by atoms with van der Waals surface area (Å²) in [6.07, 6.45) is 0. The van der Waals surface area contributed by atoms with Crippen LogP contribution in [0.2, 0.25) is 0 Å². The molecule has 0 spiro atoms. The van der Waals surface area contributed by atoms with Crippen LogP contribution in [0.4, 0.5) is 5.82 Å². The van der Waals surface area contributed by atoms with Crippen LogP contribution in [0.1, 0.15) is 29.7 Å². The average Bonchev–Trinajstić information content (AvgIpc) is 2.62. The number of hydrogen-bond acceptors (Lipinski definition) is 3. The fourth-order valence-corrected chi connectivity index (χ4v) is 2.47. The maximum Gasteiger partial charge on any atom is 0.191 e. The van der Waals surface area contributed by atoms with Crippen LogP contribution in [0.5, 0.6) is 0 Å². The normalized spacial score (nSPS) is 12.1. The van der Waals surface area contributed by atoms with E-state index in [2.05, 4.69) is 58.7 Å². The average molecular weight is 467 g/mol. The molecule has 0 aliphatic heterocycles. The number of aryl methyl sites for hydroxylation is 1. The molecule has 0 fully saturated rings. The zero-order valence-electron chi connectivity index (χ0n) is 16.3. The van der Waals surface area contributed by atoms with Gasteiger partial charge in [-0.15, -0.1) is 24.0 Å². The van der Waals surface area contributed by atoms with Crippen LogP contribution >= 0.6 is 24.0 Å². The van der Waals surface area contributed by atoms with E-state index in [1.807, 2.05) is 37.2 Å². The van der Waals surface area contributed by atoms with Crippen LogP contribution in [-0.4, -0.2) is 38.6 Å². The van der Waals surface area contributed by atoms with Crippen molar-refractivity contribution in [2.75, 3.05) is 32.6 Å². The molecule has 1 aromatic carbocycles. The predicted molar refractivity (Wildman–Crippen MR) is 122 cm³/mol. The highest BCUT2D eigenvalue weighted by Gasteiger charge is 2.07. The smallest absolute Gasteiger partial charge is 0.191 e. The van der Waals surface area contributed by atoms with Crippen molar-refractivity contribution in [3.8, 4) is 0 Å². The van der Waals surface area contributed by atoms with Crippen LogP contribution in [-0.2, 0) is 6.54 Å². The first-order chi connectivity index (χ1) is 12.0. The molecule has 2 aromatic rings. The maximum absolute atomic E-state index is 4.61. The minimum absolute atomic E-state index is 0. The number of rotatable bonds is 6.